The maximum absolute atomic E-state index is 12.3. The number of phosphoric acid groups is 1. The van der Waals surface area contributed by atoms with Gasteiger partial charge in [0, 0.05) is 12.0 Å². The maximum atomic E-state index is 12.3. The topological polar surface area (TPSA) is 116 Å². The molecule has 0 bridgehead atoms. The molecule has 2 rings (SSSR count). The second-order valence-electron chi connectivity index (χ2n) is 7.50. The van der Waals surface area contributed by atoms with E-state index < -0.39 is 57.0 Å². The van der Waals surface area contributed by atoms with Crippen LogP contribution in [0.4, 0.5) is 0 Å². The van der Waals surface area contributed by atoms with Gasteiger partial charge >= 0.3 is 0 Å². The lowest BCUT2D eigenvalue weighted by Crippen LogP contribution is -2.39. The van der Waals surface area contributed by atoms with Gasteiger partial charge in [0.25, 0.3) is 7.82 Å². The van der Waals surface area contributed by atoms with Crippen molar-refractivity contribution in [3.63, 3.8) is 0 Å². The SMILES string of the molecule is [B][C@@H]1O[C@H](COP(=O)([O-])O[C@@H]2C[C@H]([B])O[C@@H]2COC(C)C)[C@H](OC(C)C)C1O. The fourth-order valence-electron chi connectivity index (χ4n) is 3.04. The molecule has 0 saturated carbocycles. The molecule has 0 aromatic heterocycles. The van der Waals surface area contributed by atoms with E-state index in [1.165, 1.54) is 0 Å². The van der Waals surface area contributed by atoms with Gasteiger partial charge in [-0.3, -0.25) is 4.57 Å². The minimum absolute atomic E-state index is 0.0515. The second kappa shape index (κ2) is 10.4. The summed E-state index contributed by atoms with van der Waals surface area (Å²) < 4.78 is 44.2. The summed E-state index contributed by atoms with van der Waals surface area (Å²) in [4.78, 5) is 12.3. The van der Waals surface area contributed by atoms with Crippen molar-refractivity contribution in [1.29, 1.82) is 0 Å². The van der Waals surface area contributed by atoms with Gasteiger partial charge in [0.05, 0.1) is 31.5 Å². The third-order valence-electron chi connectivity index (χ3n) is 4.28. The summed E-state index contributed by atoms with van der Waals surface area (Å²) in [7, 11) is 6.70. The molecule has 1 N–H and O–H groups in total. The van der Waals surface area contributed by atoms with Gasteiger partial charge in [-0.25, -0.2) is 0 Å². The fraction of sp³-hybridized carbons (Fsp3) is 1.00. The lowest BCUT2D eigenvalue weighted by atomic mass is 9.93. The average molecular weight is 417 g/mol. The third-order valence-corrected chi connectivity index (χ3v) is 5.28. The van der Waals surface area contributed by atoms with Gasteiger partial charge in [0.15, 0.2) is 0 Å². The van der Waals surface area contributed by atoms with Crippen LogP contribution in [-0.4, -0.2) is 88.7 Å². The molecule has 0 spiro atoms. The molecule has 0 amide bonds. The molecule has 0 aromatic rings. The van der Waals surface area contributed by atoms with Gasteiger partial charge in [-0.1, -0.05) is 0 Å². The van der Waals surface area contributed by atoms with Crippen LogP contribution in [0, 0.1) is 0 Å². The Bertz CT molecular complexity index is 538. The largest absolute Gasteiger partial charge is 0.756 e. The zero-order valence-corrected chi connectivity index (χ0v) is 17.5. The molecule has 2 aliphatic heterocycles. The van der Waals surface area contributed by atoms with Crippen LogP contribution >= 0.6 is 7.82 Å². The Balaban J connectivity index is 1.90. The highest BCUT2D eigenvalue weighted by atomic mass is 31.2. The molecule has 158 valence electrons. The van der Waals surface area contributed by atoms with E-state index in [4.69, 9.17) is 43.7 Å². The van der Waals surface area contributed by atoms with Gasteiger partial charge in [0.2, 0.25) is 0 Å². The molecule has 9 nitrogen and oxygen atoms in total. The number of hydrogen-bond donors (Lipinski definition) is 1. The molecule has 12 heteroatoms. The summed E-state index contributed by atoms with van der Waals surface area (Å²) in [6.07, 6.45) is -4.30. The number of rotatable bonds is 10. The quantitative estimate of drug-likeness (QED) is 0.375. The van der Waals surface area contributed by atoms with Crippen LogP contribution in [0.15, 0.2) is 0 Å². The van der Waals surface area contributed by atoms with Crippen molar-refractivity contribution >= 4 is 23.5 Å². The van der Waals surface area contributed by atoms with E-state index in [0.29, 0.717) is 0 Å². The molecule has 2 fully saturated rings. The molecular formula is C16H28B2O9P-. The van der Waals surface area contributed by atoms with Crippen LogP contribution in [0.5, 0.6) is 0 Å². The van der Waals surface area contributed by atoms with Gasteiger partial charge in [-0.15, -0.1) is 0 Å². The first kappa shape index (κ1) is 24.3. The summed E-state index contributed by atoms with van der Waals surface area (Å²) in [6, 6.07) is -1.65. The Morgan fingerprint density at radius 3 is 2.43 bits per heavy atom. The standard InChI is InChI=1S/C16H29B2O9P/c1-8(2)22-6-11-10(5-13(17)25-11)27-28(20,21)23-7-12-15(24-9(3)4)14(19)16(18)26-12/h8-16,19H,5-7H2,1-4H3,(H,20,21)/p-1/t10-,11-,12-,13-,14?,15+,16-/m1/s1. The van der Waals surface area contributed by atoms with E-state index in [9.17, 15) is 14.6 Å². The van der Waals surface area contributed by atoms with E-state index in [1.54, 1.807) is 13.8 Å². The first-order valence-corrected chi connectivity index (χ1v) is 10.9. The monoisotopic (exact) mass is 417 g/mol. The van der Waals surface area contributed by atoms with Gasteiger partial charge < -0.3 is 38.0 Å². The van der Waals surface area contributed by atoms with Crippen molar-refractivity contribution in [3.05, 3.63) is 0 Å². The van der Waals surface area contributed by atoms with E-state index in [2.05, 4.69) is 0 Å². The minimum atomic E-state index is -4.70. The van der Waals surface area contributed by atoms with Crippen LogP contribution < -0.4 is 4.89 Å². The van der Waals surface area contributed by atoms with Crippen molar-refractivity contribution < 1.29 is 42.6 Å². The Morgan fingerprint density at radius 1 is 1.14 bits per heavy atom. The molecule has 28 heavy (non-hydrogen) atoms. The number of aliphatic hydroxyl groups excluding tert-OH is 1. The summed E-state index contributed by atoms with van der Waals surface area (Å²) >= 11 is 0. The molecule has 4 radical (unpaired) electrons. The van der Waals surface area contributed by atoms with E-state index in [1.807, 2.05) is 13.8 Å². The maximum Gasteiger partial charge on any atom is 0.268 e. The summed E-state index contributed by atoms with van der Waals surface area (Å²) in [5.41, 5.74) is 0. The molecule has 2 heterocycles. The molecule has 2 saturated heterocycles. The van der Waals surface area contributed by atoms with Gasteiger partial charge in [0.1, 0.15) is 40.1 Å². The predicted octanol–water partition coefficient (Wildman–Crippen LogP) is -0.387. The van der Waals surface area contributed by atoms with E-state index in [-0.39, 0.29) is 25.2 Å². The minimum Gasteiger partial charge on any atom is -0.756 e. The molecule has 2 unspecified atom stereocenters. The van der Waals surface area contributed by atoms with Crippen LogP contribution in [0.25, 0.3) is 0 Å². The zero-order valence-electron chi connectivity index (χ0n) is 16.6. The Labute approximate surface area is 168 Å². The molecule has 8 atom stereocenters. The Kier molecular flexibility index (Phi) is 9.01. The number of ether oxygens (including phenoxy) is 4. The van der Waals surface area contributed by atoms with Gasteiger partial charge in [-0.05, 0) is 34.1 Å². The fourth-order valence-corrected chi connectivity index (χ4v) is 3.98. The molecule has 0 aromatic carbocycles. The summed E-state index contributed by atoms with van der Waals surface area (Å²) in [5, 5.41) is 10.1. The van der Waals surface area contributed by atoms with E-state index in [0.717, 1.165) is 0 Å². The van der Waals surface area contributed by atoms with Crippen LogP contribution in [0.3, 0.4) is 0 Å². The zero-order chi connectivity index (χ0) is 21.1. The van der Waals surface area contributed by atoms with Crippen molar-refractivity contribution in [2.45, 2.75) is 88.9 Å². The smallest absolute Gasteiger partial charge is 0.268 e. The van der Waals surface area contributed by atoms with Crippen molar-refractivity contribution in [2.75, 3.05) is 13.2 Å². The highest BCUT2D eigenvalue weighted by molar-refractivity contribution is 7.45. The lowest BCUT2D eigenvalue weighted by molar-refractivity contribution is -0.234. The number of hydrogen-bond acceptors (Lipinski definition) is 9. The normalized spacial score (nSPS) is 38.4. The molecule has 2 aliphatic rings. The first-order chi connectivity index (χ1) is 13.0. The molecule has 0 aliphatic carbocycles. The lowest BCUT2D eigenvalue weighted by Gasteiger charge is -2.30. The second-order valence-corrected chi connectivity index (χ2v) is 8.86. The van der Waals surface area contributed by atoms with E-state index >= 15 is 0 Å². The Morgan fingerprint density at radius 2 is 1.82 bits per heavy atom. The van der Waals surface area contributed by atoms with Crippen molar-refractivity contribution in [2.24, 2.45) is 0 Å². The highest BCUT2D eigenvalue weighted by Gasteiger charge is 2.43. The third kappa shape index (κ3) is 7.07. The number of phosphoric ester groups is 1. The molecular weight excluding hydrogens is 389 g/mol. The summed E-state index contributed by atoms with van der Waals surface area (Å²) in [5.74, 6) is 0. The van der Waals surface area contributed by atoms with Crippen LogP contribution in [0.1, 0.15) is 34.1 Å². The average Bonchev–Trinajstić information content (AvgIpc) is 3.04. The Hall–Kier alpha value is 0.0399. The summed E-state index contributed by atoms with van der Waals surface area (Å²) in [6.45, 7) is 6.99. The van der Waals surface area contributed by atoms with Crippen LogP contribution in [0.2, 0.25) is 0 Å². The van der Waals surface area contributed by atoms with Crippen molar-refractivity contribution in [1.82, 2.24) is 0 Å². The van der Waals surface area contributed by atoms with Crippen molar-refractivity contribution in [3.8, 4) is 0 Å². The number of aliphatic hydroxyl groups is 1. The highest BCUT2D eigenvalue weighted by Crippen LogP contribution is 2.44. The van der Waals surface area contributed by atoms with Crippen LogP contribution in [-0.2, 0) is 32.6 Å². The predicted molar refractivity (Wildman–Crippen MR) is 99.0 cm³/mol. The van der Waals surface area contributed by atoms with Gasteiger partial charge in [-0.2, -0.15) is 0 Å². The first-order valence-electron chi connectivity index (χ1n) is 9.39.